The highest BCUT2D eigenvalue weighted by Gasteiger charge is 2.12. The topological polar surface area (TPSA) is 35.5 Å². The molecule has 0 N–H and O–H groups in total. The average Bonchev–Trinajstić information content (AvgIpc) is 2.39. The van der Waals surface area contributed by atoms with E-state index in [2.05, 4.69) is 0 Å². The number of carbonyl (C=O) groups is 1. The third-order valence-corrected chi connectivity index (χ3v) is 2.16. The van der Waals surface area contributed by atoms with E-state index >= 15 is 0 Å². The molecule has 0 bridgehead atoms. The molecule has 0 heterocycles. The zero-order chi connectivity index (χ0) is 13.2. The highest BCUT2D eigenvalue weighted by molar-refractivity contribution is 5.92. The maximum Gasteiger partial charge on any atom is 0.342 e. The maximum atomic E-state index is 11.8. The summed E-state index contributed by atoms with van der Waals surface area (Å²) in [5, 5.41) is 0. The van der Waals surface area contributed by atoms with Gasteiger partial charge in [-0.15, -0.1) is 0 Å². The Morgan fingerprint density at radius 2 is 2.06 bits per heavy atom. The SMILES string of the molecule is C/C=C/C=C\COC(=O)c1ccccc1OCC. The number of esters is 1. The van der Waals surface area contributed by atoms with Crippen LogP contribution >= 0.6 is 0 Å². The third kappa shape index (κ3) is 4.45. The monoisotopic (exact) mass is 246 g/mol. The standard InChI is InChI=1S/C15H18O3/c1-3-5-6-9-12-18-15(16)13-10-7-8-11-14(13)17-4-2/h3,5-11H,4,12H2,1-2H3/b5-3+,9-6-. The van der Waals surface area contributed by atoms with Crippen molar-refractivity contribution in [2.75, 3.05) is 13.2 Å². The number of hydrogen-bond donors (Lipinski definition) is 0. The van der Waals surface area contributed by atoms with Crippen molar-refractivity contribution in [2.24, 2.45) is 0 Å². The molecule has 0 fully saturated rings. The van der Waals surface area contributed by atoms with Crippen molar-refractivity contribution in [3.63, 3.8) is 0 Å². The van der Waals surface area contributed by atoms with Gasteiger partial charge in [0.05, 0.1) is 6.61 Å². The molecule has 0 unspecified atom stereocenters. The second-order valence-corrected chi connectivity index (χ2v) is 3.48. The van der Waals surface area contributed by atoms with Crippen molar-refractivity contribution in [2.45, 2.75) is 13.8 Å². The Kier molecular flexibility index (Phi) is 6.33. The van der Waals surface area contributed by atoms with Crippen LogP contribution in [0.4, 0.5) is 0 Å². The van der Waals surface area contributed by atoms with Gasteiger partial charge >= 0.3 is 5.97 Å². The van der Waals surface area contributed by atoms with E-state index in [0.29, 0.717) is 17.9 Å². The van der Waals surface area contributed by atoms with Gasteiger partial charge < -0.3 is 9.47 Å². The normalized spacial score (nSPS) is 11.0. The lowest BCUT2D eigenvalue weighted by Gasteiger charge is -2.08. The maximum absolute atomic E-state index is 11.8. The minimum absolute atomic E-state index is 0.254. The van der Waals surface area contributed by atoms with E-state index in [1.54, 1.807) is 24.3 Å². The molecule has 0 saturated carbocycles. The molecule has 3 heteroatoms. The van der Waals surface area contributed by atoms with Crippen molar-refractivity contribution in [3.05, 3.63) is 54.1 Å². The summed E-state index contributed by atoms with van der Waals surface area (Å²) in [6.07, 6.45) is 7.40. The molecule has 3 nitrogen and oxygen atoms in total. The highest BCUT2D eigenvalue weighted by Crippen LogP contribution is 2.18. The summed E-state index contributed by atoms with van der Waals surface area (Å²) in [6.45, 7) is 4.58. The summed E-state index contributed by atoms with van der Waals surface area (Å²) in [7, 11) is 0. The second-order valence-electron chi connectivity index (χ2n) is 3.48. The summed E-state index contributed by atoms with van der Waals surface area (Å²) < 4.78 is 10.5. The first-order chi connectivity index (χ1) is 8.79. The van der Waals surface area contributed by atoms with Crippen LogP contribution in [0.15, 0.2) is 48.6 Å². The fourth-order valence-electron chi connectivity index (χ4n) is 1.36. The largest absolute Gasteiger partial charge is 0.493 e. The Morgan fingerprint density at radius 1 is 1.28 bits per heavy atom. The quantitative estimate of drug-likeness (QED) is 0.570. The van der Waals surface area contributed by atoms with Crippen molar-refractivity contribution < 1.29 is 14.3 Å². The lowest BCUT2D eigenvalue weighted by molar-refractivity contribution is 0.0545. The van der Waals surface area contributed by atoms with Gasteiger partial charge in [-0.05, 0) is 32.1 Å². The van der Waals surface area contributed by atoms with Crippen LogP contribution in [0, 0.1) is 0 Å². The van der Waals surface area contributed by atoms with Gasteiger partial charge in [-0.1, -0.05) is 30.4 Å². The van der Waals surface area contributed by atoms with Gasteiger partial charge in [0.1, 0.15) is 17.9 Å². The molecule has 1 aromatic carbocycles. The zero-order valence-electron chi connectivity index (χ0n) is 10.8. The number of para-hydroxylation sites is 1. The summed E-state index contributed by atoms with van der Waals surface area (Å²) in [5.74, 6) is 0.187. The van der Waals surface area contributed by atoms with Crippen LogP contribution in [-0.4, -0.2) is 19.2 Å². The average molecular weight is 246 g/mol. The summed E-state index contributed by atoms with van der Waals surface area (Å²) in [6, 6.07) is 7.07. The first kappa shape index (κ1) is 14.0. The van der Waals surface area contributed by atoms with E-state index in [1.807, 2.05) is 38.1 Å². The van der Waals surface area contributed by atoms with Gasteiger partial charge in [0, 0.05) is 0 Å². The Balaban J connectivity index is 2.60. The van der Waals surface area contributed by atoms with Crippen LogP contribution in [0.25, 0.3) is 0 Å². The summed E-state index contributed by atoms with van der Waals surface area (Å²) in [5.41, 5.74) is 0.457. The Morgan fingerprint density at radius 3 is 2.78 bits per heavy atom. The molecule has 0 amide bonds. The highest BCUT2D eigenvalue weighted by atomic mass is 16.5. The van der Waals surface area contributed by atoms with Crippen molar-refractivity contribution >= 4 is 5.97 Å². The molecule has 1 aromatic rings. The zero-order valence-corrected chi connectivity index (χ0v) is 10.8. The molecule has 0 atom stereocenters. The lowest BCUT2D eigenvalue weighted by Crippen LogP contribution is -2.07. The first-order valence-corrected chi connectivity index (χ1v) is 5.96. The van der Waals surface area contributed by atoms with E-state index in [0.717, 1.165) is 0 Å². The Hall–Kier alpha value is -2.03. The minimum atomic E-state index is -0.371. The van der Waals surface area contributed by atoms with E-state index in [9.17, 15) is 4.79 Å². The molecule has 0 saturated heterocycles. The molecular formula is C15H18O3. The molecule has 0 radical (unpaired) electrons. The Bertz CT molecular complexity index is 433. The molecule has 0 aliphatic rings. The predicted octanol–water partition coefficient (Wildman–Crippen LogP) is 3.37. The molecule has 0 aliphatic carbocycles. The molecular weight excluding hydrogens is 228 g/mol. The Labute approximate surface area is 108 Å². The van der Waals surface area contributed by atoms with Crippen LogP contribution in [0.5, 0.6) is 5.75 Å². The first-order valence-electron chi connectivity index (χ1n) is 5.96. The predicted molar refractivity (Wildman–Crippen MR) is 71.8 cm³/mol. The molecule has 18 heavy (non-hydrogen) atoms. The smallest absolute Gasteiger partial charge is 0.342 e. The van der Waals surface area contributed by atoms with Crippen molar-refractivity contribution in [1.29, 1.82) is 0 Å². The van der Waals surface area contributed by atoms with Crippen LogP contribution in [-0.2, 0) is 4.74 Å². The van der Waals surface area contributed by atoms with Gasteiger partial charge in [0.15, 0.2) is 0 Å². The minimum Gasteiger partial charge on any atom is -0.493 e. The van der Waals surface area contributed by atoms with E-state index in [-0.39, 0.29) is 12.6 Å². The van der Waals surface area contributed by atoms with E-state index in [1.165, 1.54) is 0 Å². The van der Waals surface area contributed by atoms with Gasteiger partial charge in [0.2, 0.25) is 0 Å². The van der Waals surface area contributed by atoms with Gasteiger partial charge in [-0.2, -0.15) is 0 Å². The van der Waals surface area contributed by atoms with E-state index in [4.69, 9.17) is 9.47 Å². The number of hydrogen-bond acceptors (Lipinski definition) is 3. The summed E-state index contributed by atoms with van der Waals surface area (Å²) >= 11 is 0. The van der Waals surface area contributed by atoms with Crippen LogP contribution in [0.3, 0.4) is 0 Å². The van der Waals surface area contributed by atoms with Gasteiger partial charge in [-0.25, -0.2) is 4.79 Å². The van der Waals surface area contributed by atoms with E-state index < -0.39 is 0 Å². The number of carbonyl (C=O) groups excluding carboxylic acids is 1. The number of rotatable bonds is 6. The molecule has 1 rings (SSSR count). The second kappa shape index (κ2) is 8.12. The number of benzene rings is 1. The molecule has 0 aliphatic heterocycles. The number of ether oxygens (including phenoxy) is 2. The molecule has 0 spiro atoms. The lowest BCUT2D eigenvalue weighted by atomic mass is 10.2. The molecule has 96 valence electrons. The van der Waals surface area contributed by atoms with Crippen molar-refractivity contribution in [3.8, 4) is 5.75 Å². The van der Waals surface area contributed by atoms with Crippen LogP contribution in [0.1, 0.15) is 24.2 Å². The third-order valence-electron chi connectivity index (χ3n) is 2.16. The van der Waals surface area contributed by atoms with Crippen LogP contribution < -0.4 is 4.74 Å². The van der Waals surface area contributed by atoms with Gasteiger partial charge in [0.25, 0.3) is 0 Å². The van der Waals surface area contributed by atoms with Crippen molar-refractivity contribution in [1.82, 2.24) is 0 Å². The fourth-order valence-corrected chi connectivity index (χ4v) is 1.36. The van der Waals surface area contributed by atoms with Gasteiger partial charge in [-0.3, -0.25) is 0 Å². The van der Waals surface area contributed by atoms with Crippen LogP contribution in [0.2, 0.25) is 0 Å². The fraction of sp³-hybridized carbons (Fsp3) is 0.267. The molecule has 0 aromatic heterocycles. The number of allylic oxidation sites excluding steroid dienone is 3. The summed E-state index contributed by atoms with van der Waals surface area (Å²) in [4.78, 5) is 11.8.